The van der Waals surface area contributed by atoms with Crippen molar-refractivity contribution in [2.75, 3.05) is 18.0 Å². The Morgan fingerprint density at radius 3 is 2.57 bits per heavy atom. The summed E-state index contributed by atoms with van der Waals surface area (Å²) in [5.74, 6) is -0.402. The maximum absolute atomic E-state index is 12.5. The fourth-order valence-electron chi connectivity index (χ4n) is 3.51. The molecule has 1 amide bonds. The van der Waals surface area contributed by atoms with E-state index in [1.807, 2.05) is 47.4 Å². The Labute approximate surface area is 164 Å². The number of hydrogen-bond acceptors (Lipinski definition) is 4. The first-order valence-corrected chi connectivity index (χ1v) is 10.6. The zero-order chi connectivity index (χ0) is 19.6. The van der Waals surface area contributed by atoms with E-state index in [2.05, 4.69) is 16.3 Å². The van der Waals surface area contributed by atoms with E-state index in [1.165, 1.54) is 11.6 Å². The Hall–Kier alpha value is -2.90. The Balaban J connectivity index is 1.42. The molecular weight excluding hydrogens is 374 g/mol. The molecular formula is C21H21N3O3S. The Morgan fingerprint density at radius 2 is 1.71 bits per heavy atom. The Kier molecular flexibility index (Phi) is 5.02. The van der Waals surface area contributed by atoms with Crippen molar-refractivity contribution < 1.29 is 13.2 Å². The number of para-hydroxylation sites is 1. The average molecular weight is 395 g/mol. The summed E-state index contributed by atoms with van der Waals surface area (Å²) in [7, 11) is -3.85. The van der Waals surface area contributed by atoms with Gasteiger partial charge in [-0.3, -0.25) is 10.2 Å². The number of hydrogen-bond donors (Lipinski definition) is 2. The van der Waals surface area contributed by atoms with Crippen molar-refractivity contribution in [2.45, 2.75) is 17.7 Å². The van der Waals surface area contributed by atoms with E-state index in [0.29, 0.717) is 0 Å². The first-order chi connectivity index (χ1) is 13.5. The second-order valence-corrected chi connectivity index (χ2v) is 8.50. The number of anilines is 1. The van der Waals surface area contributed by atoms with Crippen LogP contribution in [-0.4, -0.2) is 27.4 Å². The normalized spacial score (nSPS) is 13.9. The average Bonchev–Trinajstić information content (AvgIpc) is 2.72. The third-order valence-electron chi connectivity index (χ3n) is 4.90. The summed E-state index contributed by atoms with van der Waals surface area (Å²) in [4.78, 5) is 16.6. The van der Waals surface area contributed by atoms with Gasteiger partial charge in [0.25, 0.3) is 15.9 Å². The number of hydrazine groups is 1. The van der Waals surface area contributed by atoms with Gasteiger partial charge in [-0.1, -0.05) is 48.5 Å². The van der Waals surface area contributed by atoms with Crippen LogP contribution in [0.15, 0.2) is 71.6 Å². The van der Waals surface area contributed by atoms with E-state index in [4.69, 9.17) is 0 Å². The molecule has 0 atom stereocenters. The predicted octanol–water partition coefficient (Wildman–Crippen LogP) is 2.60. The first kappa shape index (κ1) is 18.5. The number of amides is 1. The quantitative estimate of drug-likeness (QED) is 0.651. The molecule has 7 heteroatoms. The molecule has 3 aromatic rings. The highest BCUT2D eigenvalue weighted by atomic mass is 32.2. The van der Waals surface area contributed by atoms with E-state index < -0.39 is 15.9 Å². The molecule has 6 nitrogen and oxygen atoms in total. The van der Waals surface area contributed by atoms with Gasteiger partial charge in [0.15, 0.2) is 0 Å². The van der Waals surface area contributed by atoms with Crippen molar-refractivity contribution in [2.24, 2.45) is 0 Å². The van der Waals surface area contributed by atoms with E-state index in [9.17, 15) is 13.2 Å². The molecule has 0 unspecified atom stereocenters. The summed E-state index contributed by atoms with van der Waals surface area (Å²) < 4.78 is 25.1. The van der Waals surface area contributed by atoms with Gasteiger partial charge in [-0.2, -0.15) is 0 Å². The highest BCUT2D eigenvalue weighted by molar-refractivity contribution is 7.89. The van der Waals surface area contributed by atoms with Gasteiger partial charge in [0.1, 0.15) is 0 Å². The molecule has 3 aromatic carbocycles. The molecule has 1 aliphatic rings. The number of nitrogens with zero attached hydrogens (tertiary/aromatic N) is 1. The number of fused-ring (bicyclic) bond motifs is 2. The number of rotatable bonds is 5. The summed E-state index contributed by atoms with van der Waals surface area (Å²) >= 11 is 0. The van der Waals surface area contributed by atoms with Gasteiger partial charge >= 0.3 is 0 Å². The molecule has 4 rings (SSSR count). The molecule has 0 saturated carbocycles. The number of nitrogens with one attached hydrogen (secondary N) is 2. The predicted molar refractivity (Wildman–Crippen MR) is 109 cm³/mol. The number of carbonyl (C=O) groups excluding carboxylic acids is 1. The largest absolute Gasteiger partial charge is 0.362 e. The number of benzene rings is 3. The molecule has 0 aliphatic carbocycles. The van der Waals surface area contributed by atoms with E-state index in [1.54, 1.807) is 12.1 Å². The van der Waals surface area contributed by atoms with Gasteiger partial charge in [0, 0.05) is 12.2 Å². The minimum atomic E-state index is -3.85. The molecule has 0 spiro atoms. The SMILES string of the molecule is O=C(CN1CCCc2ccccc21)NNS(=O)(=O)c1ccc2ccccc2c1. The molecule has 0 aromatic heterocycles. The maximum Gasteiger partial charge on any atom is 0.257 e. The lowest BCUT2D eigenvalue weighted by Gasteiger charge is -2.30. The zero-order valence-corrected chi connectivity index (χ0v) is 16.1. The maximum atomic E-state index is 12.5. The van der Waals surface area contributed by atoms with E-state index in [-0.39, 0.29) is 11.4 Å². The van der Waals surface area contributed by atoms with Gasteiger partial charge in [-0.15, -0.1) is 4.83 Å². The van der Waals surface area contributed by atoms with E-state index in [0.717, 1.165) is 35.8 Å². The molecule has 1 aliphatic heterocycles. The smallest absolute Gasteiger partial charge is 0.257 e. The third-order valence-corrected chi connectivity index (χ3v) is 6.14. The molecule has 1 heterocycles. The van der Waals surface area contributed by atoms with Gasteiger partial charge < -0.3 is 4.90 Å². The summed E-state index contributed by atoms with van der Waals surface area (Å²) in [6.07, 6.45) is 1.95. The molecule has 2 N–H and O–H groups in total. The molecule has 0 radical (unpaired) electrons. The lowest BCUT2D eigenvalue weighted by molar-refractivity contribution is -0.120. The molecule has 144 valence electrons. The van der Waals surface area contributed by atoms with Crippen LogP contribution in [0.5, 0.6) is 0 Å². The topological polar surface area (TPSA) is 78.5 Å². The number of aryl methyl sites for hydroxylation is 1. The summed E-state index contributed by atoms with van der Waals surface area (Å²) in [6, 6.07) is 20.3. The highest BCUT2D eigenvalue weighted by Gasteiger charge is 2.20. The summed E-state index contributed by atoms with van der Waals surface area (Å²) in [5, 5.41) is 1.77. The highest BCUT2D eigenvalue weighted by Crippen LogP contribution is 2.26. The van der Waals surface area contributed by atoms with Gasteiger partial charge in [-0.05, 0) is 47.4 Å². The van der Waals surface area contributed by atoms with Crippen molar-refractivity contribution in [1.29, 1.82) is 0 Å². The van der Waals surface area contributed by atoms with Gasteiger partial charge in [0.05, 0.1) is 11.4 Å². The molecule has 28 heavy (non-hydrogen) atoms. The molecule has 0 saturated heterocycles. The first-order valence-electron chi connectivity index (χ1n) is 9.15. The van der Waals surface area contributed by atoms with Gasteiger partial charge in [0.2, 0.25) is 0 Å². The second kappa shape index (κ2) is 7.61. The Morgan fingerprint density at radius 1 is 0.964 bits per heavy atom. The van der Waals surface area contributed by atoms with Crippen molar-refractivity contribution in [3.8, 4) is 0 Å². The summed E-state index contributed by atoms with van der Waals surface area (Å²) in [5.41, 5.74) is 4.56. The molecule has 0 bridgehead atoms. The standard InChI is InChI=1S/C21H21N3O3S/c25-21(15-24-13-5-9-17-7-3-4-10-20(17)24)22-23-28(26,27)19-12-11-16-6-1-2-8-18(16)14-19/h1-4,6-8,10-12,14,23H,5,9,13,15H2,(H,22,25). The Bertz CT molecular complexity index is 1130. The van der Waals surface area contributed by atoms with Crippen molar-refractivity contribution >= 4 is 32.4 Å². The van der Waals surface area contributed by atoms with Crippen LogP contribution >= 0.6 is 0 Å². The lowest BCUT2D eigenvalue weighted by atomic mass is 10.0. The second-order valence-electron chi connectivity index (χ2n) is 6.82. The molecule has 0 fully saturated rings. The fourth-order valence-corrected chi connectivity index (χ4v) is 4.40. The van der Waals surface area contributed by atoms with Crippen molar-refractivity contribution in [3.05, 3.63) is 72.3 Å². The van der Waals surface area contributed by atoms with Crippen LogP contribution in [0.2, 0.25) is 0 Å². The minimum Gasteiger partial charge on any atom is -0.362 e. The van der Waals surface area contributed by atoms with E-state index >= 15 is 0 Å². The van der Waals surface area contributed by atoms with Gasteiger partial charge in [-0.25, -0.2) is 8.42 Å². The van der Waals surface area contributed by atoms with Crippen LogP contribution in [0.25, 0.3) is 10.8 Å². The lowest BCUT2D eigenvalue weighted by Crippen LogP contribution is -2.47. The third kappa shape index (κ3) is 3.85. The van der Waals surface area contributed by atoms with Crippen LogP contribution in [0.4, 0.5) is 5.69 Å². The minimum absolute atomic E-state index is 0.0945. The van der Waals surface area contributed by atoms with Crippen LogP contribution in [-0.2, 0) is 21.2 Å². The summed E-state index contributed by atoms with van der Waals surface area (Å²) in [6.45, 7) is 0.860. The number of carbonyl (C=O) groups is 1. The fraction of sp³-hybridized carbons (Fsp3) is 0.190. The zero-order valence-electron chi connectivity index (χ0n) is 15.3. The monoisotopic (exact) mass is 395 g/mol. The van der Waals surface area contributed by atoms with Crippen molar-refractivity contribution in [1.82, 2.24) is 10.3 Å². The van der Waals surface area contributed by atoms with Crippen LogP contribution in [0.3, 0.4) is 0 Å². The van der Waals surface area contributed by atoms with Crippen molar-refractivity contribution in [3.63, 3.8) is 0 Å². The van der Waals surface area contributed by atoms with Crippen LogP contribution < -0.4 is 15.2 Å². The van der Waals surface area contributed by atoms with Crippen LogP contribution in [0.1, 0.15) is 12.0 Å². The van der Waals surface area contributed by atoms with Crippen LogP contribution in [0, 0.1) is 0 Å². The number of sulfonamides is 1.